The highest BCUT2D eigenvalue weighted by Gasteiger charge is 2.42. The molecule has 0 spiro atoms. The summed E-state index contributed by atoms with van der Waals surface area (Å²) in [6.07, 6.45) is 3.03. The molecule has 0 bridgehead atoms. The van der Waals surface area contributed by atoms with Crippen molar-refractivity contribution < 1.29 is 4.79 Å². The van der Waals surface area contributed by atoms with E-state index in [0.29, 0.717) is 5.02 Å². The van der Waals surface area contributed by atoms with E-state index in [9.17, 15) is 4.79 Å². The van der Waals surface area contributed by atoms with Crippen LogP contribution < -0.4 is 4.90 Å². The lowest BCUT2D eigenvalue weighted by Gasteiger charge is -2.30. The van der Waals surface area contributed by atoms with Gasteiger partial charge in [-0.15, -0.1) is 0 Å². The van der Waals surface area contributed by atoms with E-state index in [4.69, 9.17) is 16.6 Å². The highest BCUT2D eigenvalue weighted by Crippen LogP contribution is 2.47. The summed E-state index contributed by atoms with van der Waals surface area (Å²) in [7, 11) is 0. The first-order valence-corrected chi connectivity index (χ1v) is 9.89. The fraction of sp³-hybridized carbons (Fsp3) is 0.250. The molecule has 2 heterocycles. The molecule has 1 aliphatic heterocycles. The summed E-state index contributed by atoms with van der Waals surface area (Å²) in [5.41, 5.74) is 7.57. The van der Waals surface area contributed by atoms with Gasteiger partial charge in [-0.05, 0) is 67.1 Å². The molecule has 0 fully saturated rings. The molecule has 3 aromatic rings. The zero-order chi connectivity index (χ0) is 19.8. The van der Waals surface area contributed by atoms with Crippen molar-refractivity contribution in [3.05, 3.63) is 75.4 Å². The van der Waals surface area contributed by atoms with Crippen LogP contribution in [0, 0.1) is 19.3 Å². The minimum atomic E-state index is -0.0750. The predicted molar refractivity (Wildman–Crippen MR) is 115 cm³/mol. The Hall–Kier alpha value is -2.65. The summed E-state index contributed by atoms with van der Waals surface area (Å²) in [5, 5.41) is 1.44. The second-order valence-electron chi connectivity index (χ2n) is 8.65. The fourth-order valence-corrected chi connectivity index (χ4v) is 4.74. The van der Waals surface area contributed by atoms with Crippen molar-refractivity contribution in [1.82, 2.24) is 4.98 Å². The third-order valence-corrected chi connectivity index (χ3v) is 5.79. The van der Waals surface area contributed by atoms with Crippen molar-refractivity contribution >= 4 is 39.8 Å². The number of hydrogen-bond acceptors (Lipinski definition) is 2. The van der Waals surface area contributed by atoms with E-state index in [1.54, 1.807) is 0 Å². The highest BCUT2D eigenvalue weighted by molar-refractivity contribution is 6.32. The van der Waals surface area contributed by atoms with Gasteiger partial charge in [0, 0.05) is 21.7 Å². The molecule has 140 valence electrons. The molecule has 4 heteroatoms. The molecular formula is C24H21ClN2O. The number of nitrogens with zero attached hydrogens (tertiary/aromatic N) is 2. The van der Waals surface area contributed by atoms with Gasteiger partial charge in [0.25, 0.3) is 5.91 Å². The van der Waals surface area contributed by atoms with Crippen LogP contribution in [-0.2, 0) is 6.42 Å². The average molecular weight is 389 g/mol. The number of carbonyl (C=O) groups is 1. The van der Waals surface area contributed by atoms with Crippen molar-refractivity contribution in [1.29, 1.82) is 0 Å². The van der Waals surface area contributed by atoms with Gasteiger partial charge in [0.15, 0.2) is 0 Å². The van der Waals surface area contributed by atoms with E-state index >= 15 is 0 Å². The van der Waals surface area contributed by atoms with E-state index in [2.05, 4.69) is 52.0 Å². The SMILES string of the molecule is Cc1cc(C)cc(N2C(=O)c3c4c(nc5ccc(Cl)cc35)CC(C)(C)C=C42)c1. The number of benzene rings is 2. The van der Waals surface area contributed by atoms with Gasteiger partial charge in [0.2, 0.25) is 0 Å². The summed E-state index contributed by atoms with van der Waals surface area (Å²) < 4.78 is 0. The summed E-state index contributed by atoms with van der Waals surface area (Å²) in [5.74, 6) is -0.000123. The third kappa shape index (κ3) is 2.50. The number of aromatic nitrogens is 1. The van der Waals surface area contributed by atoms with Crippen molar-refractivity contribution in [2.24, 2.45) is 5.41 Å². The predicted octanol–water partition coefficient (Wildman–Crippen LogP) is 6.09. The van der Waals surface area contributed by atoms with Gasteiger partial charge >= 0.3 is 0 Å². The first-order valence-electron chi connectivity index (χ1n) is 9.52. The van der Waals surface area contributed by atoms with Crippen LogP contribution in [-0.4, -0.2) is 10.9 Å². The van der Waals surface area contributed by atoms with Crippen LogP contribution in [0.2, 0.25) is 5.02 Å². The minimum Gasteiger partial charge on any atom is -0.277 e. The Kier molecular flexibility index (Phi) is 3.54. The minimum absolute atomic E-state index is 0.000123. The lowest BCUT2D eigenvalue weighted by Crippen LogP contribution is -2.26. The number of allylic oxidation sites excluding steroid dienone is 1. The highest BCUT2D eigenvalue weighted by atomic mass is 35.5. The number of carbonyl (C=O) groups excluding carboxylic acids is 1. The first kappa shape index (κ1) is 17.4. The Balaban J connectivity index is 1.86. The molecule has 0 atom stereocenters. The summed E-state index contributed by atoms with van der Waals surface area (Å²) in [6, 6.07) is 11.9. The molecule has 3 nitrogen and oxygen atoms in total. The van der Waals surface area contributed by atoms with Crippen LogP contribution in [0.3, 0.4) is 0 Å². The molecule has 1 amide bonds. The van der Waals surface area contributed by atoms with Gasteiger partial charge in [0.1, 0.15) is 0 Å². The second-order valence-corrected chi connectivity index (χ2v) is 9.09. The molecule has 28 heavy (non-hydrogen) atoms. The quantitative estimate of drug-likeness (QED) is 0.505. The summed E-state index contributed by atoms with van der Waals surface area (Å²) >= 11 is 6.27. The molecule has 0 saturated heterocycles. The van der Waals surface area contributed by atoms with Crippen LogP contribution in [0.15, 0.2) is 42.5 Å². The molecule has 1 aliphatic carbocycles. The van der Waals surface area contributed by atoms with Gasteiger partial charge in [-0.3, -0.25) is 14.7 Å². The maximum Gasteiger partial charge on any atom is 0.264 e. The molecule has 0 saturated carbocycles. The molecule has 0 N–H and O–H groups in total. The van der Waals surface area contributed by atoms with Crippen LogP contribution >= 0.6 is 11.6 Å². The Morgan fingerprint density at radius 1 is 1.04 bits per heavy atom. The van der Waals surface area contributed by atoms with Crippen molar-refractivity contribution in [3.8, 4) is 0 Å². The molecule has 5 rings (SSSR count). The van der Waals surface area contributed by atoms with Crippen LogP contribution in [0.5, 0.6) is 0 Å². The number of halogens is 1. The Bertz CT molecular complexity index is 1200. The van der Waals surface area contributed by atoms with Gasteiger partial charge in [0.05, 0.1) is 22.5 Å². The monoisotopic (exact) mass is 388 g/mol. The van der Waals surface area contributed by atoms with Crippen LogP contribution in [0.4, 0.5) is 5.69 Å². The van der Waals surface area contributed by atoms with E-state index in [1.807, 2.05) is 23.1 Å². The largest absolute Gasteiger partial charge is 0.277 e. The van der Waals surface area contributed by atoms with Crippen LogP contribution in [0.25, 0.3) is 16.6 Å². The van der Waals surface area contributed by atoms with Crippen molar-refractivity contribution in [2.45, 2.75) is 34.1 Å². The summed E-state index contributed by atoms with van der Waals surface area (Å²) in [4.78, 5) is 20.5. The van der Waals surface area contributed by atoms with Gasteiger partial charge < -0.3 is 0 Å². The number of pyridine rings is 1. The standard InChI is InChI=1S/C24H21ClN2O/c1-13-7-14(2)9-16(8-13)27-20-12-24(3,4)11-19-22(20)21(23(27)28)17-10-15(25)5-6-18(17)26-19/h5-10,12H,11H2,1-4H3. The normalized spacial score (nSPS) is 17.1. The topological polar surface area (TPSA) is 33.2 Å². The second kappa shape index (κ2) is 5.68. The molecule has 2 aliphatic rings. The van der Waals surface area contributed by atoms with Gasteiger partial charge in [-0.1, -0.05) is 37.6 Å². The lowest BCUT2D eigenvalue weighted by molar-refractivity contribution is 0.101. The average Bonchev–Trinajstić information content (AvgIpc) is 2.86. The zero-order valence-corrected chi connectivity index (χ0v) is 17.2. The zero-order valence-electron chi connectivity index (χ0n) is 16.4. The number of anilines is 1. The number of rotatable bonds is 1. The molecular weight excluding hydrogens is 368 g/mol. The number of hydrogen-bond donors (Lipinski definition) is 0. The smallest absolute Gasteiger partial charge is 0.264 e. The number of amides is 1. The van der Waals surface area contributed by atoms with E-state index in [0.717, 1.165) is 56.7 Å². The van der Waals surface area contributed by atoms with Crippen LogP contribution in [0.1, 0.15) is 46.6 Å². The number of fused-ring (bicyclic) bond motifs is 2. The van der Waals surface area contributed by atoms with Crippen molar-refractivity contribution in [2.75, 3.05) is 4.90 Å². The molecule has 1 aromatic heterocycles. The van der Waals surface area contributed by atoms with Crippen molar-refractivity contribution in [3.63, 3.8) is 0 Å². The maximum atomic E-state index is 13.7. The van der Waals surface area contributed by atoms with Gasteiger partial charge in [-0.2, -0.15) is 0 Å². The lowest BCUT2D eigenvalue weighted by atomic mass is 9.79. The van der Waals surface area contributed by atoms with Gasteiger partial charge in [-0.25, -0.2) is 0 Å². The Morgan fingerprint density at radius 3 is 2.46 bits per heavy atom. The Labute approximate surface area is 169 Å². The third-order valence-electron chi connectivity index (χ3n) is 5.55. The number of aryl methyl sites for hydroxylation is 2. The maximum absolute atomic E-state index is 13.7. The van der Waals surface area contributed by atoms with E-state index in [-0.39, 0.29) is 11.3 Å². The summed E-state index contributed by atoms with van der Waals surface area (Å²) in [6.45, 7) is 8.51. The van der Waals surface area contributed by atoms with E-state index < -0.39 is 0 Å². The molecule has 0 unspecified atom stereocenters. The molecule has 2 aromatic carbocycles. The molecule has 0 radical (unpaired) electrons. The Morgan fingerprint density at radius 2 is 1.75 bits per heavy atom. The van der Waals surface area contributed by atoms with E-state index in [1.165, 1.54) is 0 Å². The first-order chi connectivity index (χ1) is 13.2. The fourth-order valence-electron chi connectivity index (χ4n) is 4.57.